The van der Waals surface area contributed by atoms with E-state index in [0.717, 1.165) is 29.9 Å². The highest BCUT2D eigenvalue weighted by Gasteiger charge is 2.29. The van der Waals surface area contributed by atoms with E-state index in [9.17, 15) is 19.3 Å². The molecule has 0 bridgehead atoms. The fourth-order valence-electron chi connectivity index (χ4n) is 3.05. The number of nitrogens with zero attached hydrogens (tertiary/aromatic N) is 2. The number of carbonyl (C=O) groups is 1. The molecule has 1 aliphatic rings. The van der Waals surface area contributed by atoms with Crippen molar-refractivity contribution in [3.05, 3.63) is 69.5 Å². The monoisotopic (exact) mass is 344 g/mol. The maximum absolute atomic E-state index is 14.1. The van der Waals surface area contributed by atoms with Crippen LogP contribution in [0.5, 0.6) is 5.75 Å². The van der Waals surface area contributed by atoms with Crippen molar-refractivity contribution in [3.63, 3.8) is 0 Å². The largest absolute Gasteiger partial charge is 0.497 e. The van der Waals surface area contributed by atoms with E-state index in [2.05, 4.69) is 0 Å². The third-order valence-electron chi connectivity index (χ3n) is 4.46. The van der Waals surface area contributed by atoms with E-state index in [-0.39, 0.29) is 17.2 Å². The van der Waals surface area contributed by atoms with Crippen LogP contribution < -0.4 is 4.74 Å². The summed E-state index contributed by atoms with van der Waals surface area (Å²) in [6, 6.07) is 10.8. The van der Waals surface area contributed by atoms with Gasteiger partial charge in [-0.3, -0.25) is 14.9 Å². The lowest BCUT2D eigenvalue weighted by atomic mass is 9.98. The SMILES string of the molecule is COc1ccc([C@@H]2CCN(C(=O)c3ccc([N+](=O)[O-])cc3F)C2)cc1. The first-order valence-corrected chi connectivity index (χ1v) is 7.86. The fraction of sp³-hybridized carbons (Fsp3) is 0.278. The van der Waals surface area contributed by atoms with Gasteiger partial charge in [-0.25, -0.2) is 4.39 Å². The van der Waals surface area contributed by atoms with Gasteiger partial charge in [-0.15, -0.1) is 0 Å². The fourth-order valence-corrected chi connectivity index (χ4v) is 3.05. The molecule has 0 spiro atoms. The zero-order valence-corrected chi connectivity index (χ0v) is 13.6. The zero-order chi connectivity index (χ0) is 18.0. The van der Waals surface area contributed by atoms with Gasteiger partial charge in [0.2, 0.25) is 0 Å². The first kappa shape index (κ1) is 16.9. The summed E-state index contributed by atoms with van der Waals surface area (Å²) in [7, 11) is 1.60. The quantitative estimate of drug-likeness (QED) is 0.630. The van der Waals surface area contributed by atoms with Gasteiger partial charge in [-0.05, 0) is 30.2 Å². The predicted molar refractivity (Wildman–Crippen MR) is 89.3 cm³/mol. The number of non-ortho nitro benzene ring substituents is 1. The molecule has 130 valence electrons. The van der Waals surface area contributed by atoms with Crippen LogP contribution in [0, 0.1) is 15.9 Å². The molecular formula is C18H17FN2O4. The van der Waals surface area contributed by atoms with Crippen molar-refractivity contribution >= 4 is 11.6 Å². The lowest BCUT2D eigenvalue weighted by molar-refractivity contribution is -0.385. The molecule has 0 saturated carbocycles. The van der Waals surface area contributed by atoms with Gasteiger partial charge in [-0.1, -0.05) is 12.1 Å². The molecule has 1 amide bonds. The maximum atomic E-state index is 14.1. The molecule has 6 nitrogen and oxygen atoms in total. The Kier molecular flexibility index (Phi) is 4.65. The van der Waals surface area contributed by atoms with E-state index in [4.69, 9.17) is 4.74 Å². The third kappa shape index (κ3) is 3.45. The number of ether oxygens (including phenoxy) is 1. The van der Waals surface area contributed by atoms with Crippen LogP contribution in [-0.2, 0) is 0 Å². The average Bonchev–Trinajstić information content (AvgIpc) is 3.11. The van der Waals surface area contributed by atoms with Crippen LogP contribution in [-0.4, -0.2) is 35.9 Å². The Hall–Kier alpha value is -2.96. The van der Waals surface area contributed by atoms with Crippen molar-refractivity contribution in [1.29, 1.82) is 0 Å². The number of nitro groups is 1. The topological polar surface area (TPSA) is 72.7 Å². The molecule has 2 aromatic carbocycles. The average molecular weight is 344 g/mol. The highest BCUT2D eigenvalue weighted by molar-refractivity contribution is 5.95. The number of nitro benzene ring substituents is 1. The minimum absolute atomic E-state index is 0.138. The number of carbonyl (C=O) groups excluding carboxylic acids is 1. The number of likely N-dealkylation sites (tertiary alicyclic amines) is 1. The number of hydrogen-bond acceptors (Lipinski definition) is 4. The minimum Gasteiger partial charge on any atom is -0.497 e. The summed E-state index contributed by atoms with van der Waals surface area (Å²) in [6.07, 6.45) is 0.784. The molecule has 3 rings (SSSR count). The molecule has 7 heteroatoms. The van der Waals surface area contributed by atoms with Crippen LogP contribution in [0.25, 0.3) is 0 Å². The molecule has 2 aromatic rings. The maximum Gasteiger partial charge on any atom is 0.272 e. The van der Waals surface area contributed by atoms with Crippen LogP contribution >= 0.6 is 0 Å². The Morgan fingerprint density at radius 2 is 2.00 bits per heavy atom. The summed E-state index contributed by atoms with van der Waals surface area (Å²) in [6.45, 7) is 1.01. The van der Waals surface area contributed by atoms with Crippen molar-refractivity contribution < 1.29 is 18.8 Å². The summed E-state index contributed by atoms with van der Waals surface area (Å²) in [5, 5.41) is 10.7. The Balaban J connectivity index is 1.73. The van der Waals surface area contributed by atoms with Gasteiger partial charge >= 0.3 is 0 Å². The number of hydrogen-bond donors (Lipinski definition) is 0. The molecule has 1 heterocycles. The van der Waals surface area contributed by atoms with Gasteiger partial charge in [0.1, 0.15) is 11.6 Å². The molecule has 1 saturated heterocycles. The summed E-state index contributed by atoms with van der Waals surface area (Å²) >= 11 is 0. The molecule has 1 atom stereocenters. The molecule has 0 aliphatic carbocycles. The normalized spacial score (nSPS) is 16.7. The van der Waals surface area contributed by atoms with E-state index in [1.54, 1.807) is 12.0 Å². The Morgan fingerprint density at radius 1 is 1.28 bits per heavy atom. The van der Waals surface area contributed by atoms with E-state index in [1.807, 2.05) is 24.3 Å². The summed E-state index contributed by atoms with van der Waals surface area (Å²) < 4.78 is 19.2. The molecule has 0 radical (unpaired) electrons. The third-order valence-corrected chi connectivity index (χ3v) is 4.46. The van der Waals surface area contributed by atoms with E-state index < -0.39 is 16.6 Å². The second-order valence-electron chi connectivity index (χ2n) is 5.93. The minimum atomic E-state index is -0.868. The van der Waals surface area contributed by atoms with Crippen LogP contribution in [0.3, 0.4) is 0 Å². The van der Waals surface area contributed by atoms with Gasteiger partial charge in [0, 0.05) is 25.1 Å². The lowest BCUT2D eigenvalue weighted by Gasteiger charge is -2.17. The standard InChI is InChI=1S/C18H17FN2O4/c1-25-15-5-2-12(3-6-15)13-8-9-20(11-13)18(22)16-7-4-14(21(23)24)10-17(16)19/h2-7,10,13H,8-9,11H2,1H3/t13-/m1/s1. The van der Waals surface area contributed by atoms with Crippen LogP contribution in [0.4, 0.5) is 10.1 Å². The smallest absolute Gasteiger partial charge is 0.272 e. The van der Waals surface area contributed by atoms with Crippen LogP contribution in [0.2, 0.25) is 0 Å². The van der Waals surface area contributed by atoms with Crippen molar-refractivity contribution in [1.82, 2.24) is 4.90 Å². The first-order chi connectivity index (χ1) is 12.0. The summed E-state index contributed by atoms with van der Waals surface area (Å²) in [5.74, 6) is -0.367. The molecule has 1 fully saturated rings. The number of rotatable bonds is 4. The van der Waals surface area contributed by atoms with E-state index >= 15 is 0 Å². The van der Waals surface area contributed by atoms with E-state index in [1.165, 1.54) is 6.07 Å². The van der Waals surface area contributed by atoms with Gasteiger partial charge in [0.05, 0.1) is 23.7 Å². The van der Waals surface area contributed by atoms with Gasteiger partial charge < -0.3 is 9.64 Å². The van der Waals surface area contributed by atoms with Crippen LogP contribution in [0.15, 0.2) is 42.5 Å². The van der Waals surface area contributed by atoms with Crippen molar-refractivity contribution in [2.24, 2.45) is 0 Å². The van der Waals surface area contributed by atoms with E-state index in [0.29, 0.717) is 13.1 Å². The second-order valence-corrected chi connectivity index (χ2v) is 5.93. The Labute approximate surface area is 144 Å². The molecule has 25 heavy (non-hydrogen) atoms. The summed E-state index contributed by atoms with van der Waals surface area (Å²) in [4.78, 5) is 24.1. The zero-order valence-electron chi connectivity index (χ0n) is 13.6. The highest BCUT2D eigenvalue weighted by atomic mass is 19.1. The van der Waals surface area contributed by atoms with Gasteiger partial charge in [0.15, 0.2) is 0 Å². The van der Waals surface area contributed by atoms with Gasteiger partial charge in [-0.2, -0.15) is 0 Å². The predicted octanol–water partition coefficient (Wildman–Crippen LogP) is 3.37. The van der Waals surface area contributed by atoms with Gasteiger partial charge in [0.25, 0.3) is 11.6 Å². The second kappa shape index (κ2) is 6.88. The Bertz CT molecular complexity index is 807. The number of halogens is 1. The van der Waals surface area contributed by atoms with Crippen LogP contribution in [0.1, 0.15) is 28.3 Å². The number of benzene rings is 2. The molecule has 0 N–H and O–H groups in total. The summed E-state index contributed by atoms with van der Waals surface area (Å²) in [5.41, 5.74) is 0.591. The first-order valence-electron chi connectivity index (χ1n) is 7.86. The number of amides is 1. The van der Waals surface area contributed by atoms with Crippen molar-refractivity contribution in [2.75, 3.05) is 20.2 Å². The molecule has 1 aliphatic heterocycles. The van der Waals surface area contributed by atoms with Crippen molar-refractivity contribution in [3.8, 4) is 5.75 Å². The lowest BCUT2D eigenvalue weighted by Crippen LogP contribution is -2.29. The molecular weight excluding hydrogens is 327 g/mol. The molecule has 0 aromatic heterocycles. The number of methoxy groups -OCH3 is 1. The highest BCUT2D eigenvalue weighted by Crippen LogP contribution is 2.30. The van der Waals surface area contributed by atoms with Crippen molar-refractivity contribution in [2.45, 2.75) is 12.3 Å². The Morgan fingerprint density at radius 3 is 2.60 bits per heavy atom. The molecule has 0 unspecified atom stereocenters.